The summed E-state index contributed by atoms with van der Waals surface area (Å²) in [6.07, 6.45) is 1.72. The number of carbonyl (C=O) groups excluding carboxylic acids is 1. The highest BCUT2D eigenvalue weighted by molar-refractivity contribution is 8.00. The van der Waals surface area contributed by atoms with Gasteiger partial charge in [0.25, 0.3) is 5.22 Å². The van der Waals surface area contributed by atoms with E-state index >= 15 is 0 Å². The number of aromatic nitrogens is 1. The lowest BCUT2D eigenvalue weighted by atomic mass is 9.90. The highest BCUT2D eigenvalue weighted by Crippen LogP contribution is 2.45. The lowest BCUT2D eigenvalue weighted by Gasteiger charge is -2.15. The number of nitrogens with zero attached hydrogens (tertiary/aromatic N) is 2. The monoisotopic (exact) mass is 431 g/mol. The number of amides is 1. The second kappa shape index (κ2) is 7.63. The molecule has 1 atom stereocenters. The first kappa shape index (κ1) is 18.9. The van der Waals surface area contributed by atoms with Crippen LogP contribution in [0.3, 0.4) is 0 Å². The molecule has 1 aliphatic rings. The molecule has 0 spiro atoms. The van der Waals surface area contributed by atoms with Crippen LogP contribution in [0.2, 0.25) is 0 Å². The summed E-state index contributed by atoms with van der Waals surface area (Å²) in [7, 11) is 0. The van der Waals surface area contributed by atoms with Crippen LogP contribution in [-0.4, -0.2) is 16.1 Å². The van der Waals surface area contributed by atoms with Crippen molar-refractivity contribution in [3.63, 3.8) is 0 Å². The van der Waals surface area contributed by atoms with Crippen LogP contribution in [0, 0.1) is 11.3 Å². The van der Waals surface area contributed by atoms with E-state index in [-0.39, 0.29) is 5.91 Å². The maximum Gasteiger partial charge on any atom is 0.257 e. The molecular weight excluding hydrogens is 414 g/mol. The first-order chi connectivity index (χ1) is 14.6. The van der Waals surface area contributed by atoms with Crippen LogP contribution in [0.5, 0.6) is 0 Å². The van der Waals surface area contributed by atoms with Gasteiger partial charge in [-0.15, -0.1) is 11.3 Å². The Morgan fingerprint density at radius 2 is 2.03 bits per heavy atom. The van der Waals surface area contributed by atoms with Crippen molar-refractivity contribution < 1.29 is 9.21 Å². The Balaban J connectivity index is 1.38. The van der Waals surface area contributed by atoms with Crippen LogP contribution in [-0.2, 0) is 17.6 Å². The number of carbonyl (C=O) groups is 1. The number of thioether (sulfide) groups is 1. The van der Waals surface area contributed by atoms with Gasteiger partial charge in [0.2, 0.25) is 5.91 Å². The van der Waals surface area contributed by atoms with Crippen molar-refractivity contribution in [3.8, 4) is 16.5 Å². The van der Waals surface area contributed by atoms with E-state index in [0.29, 0.717) is 21.4 Å². The molecule has 0 radical (unpaired) electrons. The molecule has 2 heterocycles. The minimum absolute atomic E-state index is 0.175. The summed E-state index contributed by atoms with van der Waals surface area (Å²) < 4.78 is 5.71. The van der Waals surface area contributed by atoms with E-state index in [4.69, 9.17) is 4.42 Å². The Bertz CT molecular complexity index is 1280. The van der Waals surface area contributed by atoms with Crippen molar-refractivity contribution in [2.75, 3.05) is 5.32 Å². The van der Waals surface area contributed by atoms with Crippen molar-refractivity contribution in [2.45, 2.75) is 30.2 Å². The quantitative estimate of drug-likeness (QED) is 0.423. The smallest absolute Gasteiger partial charge is 0.257 e. The largest absolute Gasteiger partial charge is 0.431 e. The Morgan fingerprint density at radius 3 is 2.87 bits per heavy atom. The second-order valence-electron chi connectivity index (χ2n) is 7.08. The number of aryl methyl sites for hydroxylation is 1. The number of thiophene rings is 1. The van der Waals surface area contributed by atoms with Crippen LogP contribution in [0.15, 0.2) is 58.2 Å². The molecule has 0 bridgehead atoms. The maximum absolute atomic E-state index is 12.9. The van der Waals surface area contributed by atoms with Gasteiger partial charge in [0, 0.05) is 4.88 Å². The molecule has 4 aromatic rings. The minimum Gasteiger partial charge on any atom is -0.431 e. The number of fused-ring (bicyclic) bond motifs is 4. The van der Waals surface area contributed by atoms with E-state index in [9.17, 15) is 10.1 Å². The summed E-state index contributed by atoms with van der Waals surface area (Å²) in [4.78, 5) is 18.4. The third-order valence-electron chi connectivity index (χ3n) is 5.18. The molecule has 5 rings (SSSR count). The predicted octanol–water partition coefficient (Wildman–Crippen LogP) is 5.65. The molecule has 30 heavy (non-hydrogen) atoms. The molecule has 0 fully saturated rings. The standard InChI is InChI=1S/C23H17N3O2S2/c1-13(29-23-25-18-8-4-5-9-19(18)28-23)21(27)26-22-17(12-24)16-11-10-14-6-2-3-7-15(14)20(16)30-22/h2-9,13H,10-11H2,1H3,(H,26,27). The molecule has 2 aromatic carbocycles. The lowest BCUT2D eigenvalue weighted by molar-refractivity contribution is -0.115. The van der Waals surface area contributed by atoms with Gasteiger partial charge < -0.3 is 9.73 Å². The van der Waals surface area contributed by atoms with Gasteiger partial charge in [0.15, 0.2) is 5.58 Å². The number of rotatable bonds is 4. The van der Waals surface area contributed by atoms with E-state index in [1.807, 2.05) is 43.3 Å². The average Bonchev–Trinajstić information content (AvgIpc) is 3.33. The summed E-state index contributed by atoms with van der Waals surface area (Å²) in [5.74, 6) is -0.175. The molecular formula is C23H17N3O2S2. The molecule has 2 aromatic heterocycles. The minimum atomic E-state index is -0.420. The van der Waals surface area contributed by atoms with Gasteiger partial charge in [-0.3, -0.25) is 4.79 Å². The molecule has 0 aliphatic heterocycles. The summed E-state index contributed by atoms with van der Waals surface area (Å²) >= 11 is 2.75. The SMILES string of the molecule is CC(Sc1nc2ccccc2o1)C(=O)Nc1sc2c(c1C#N)CCc1ccccc1-2. The van der Waals surface area contributed by atoms with E-state index in [0.717, 1.165) is 34.4 Å². The number of nitriles is 1. The van der Waals surface area contributed by atoms with Crippen molar-refractivity contribution in [1.82, 2.24) is 4.98 Å². The Labute approximate surface area is 181 Å². The maximum atomic E-state index is 12.9. The summed E-state index contributed by atoms with van der Waals surface area (Å²) in [5, 5.41) is 13.4. The summed E-state index contributed by atoms with van der Waals surface area (Å²) in [6.45, 7) is 1.81. The van der Waals surface area contributed by atoms with Gasteiger partial charge in [-0.25, -0.2) is 4.98 Å². The molecule has 1 N–H and O–H groups in total. The number of hydrogen-bond donors (Lipinski definition) is 1. The third-order valence-corrected chi connectivity index (χ3v) is 7.31. The Hall–Kier alpha value is -3.08. The Morgan fingerprint density at radius 1 is 1.23 bits per heavy atom. The van der Waals surface area contributed by atoms with E-state index < -0.39 is 5.25 Å². The second-order valence-corrected chi connectivity index (χ2v) is 9.39. The van der Waals surface area contributed by atoms with Crippen molar-refractivity contribution in [3.05, 3.63) is 65.2 Å². The number of oxazole rings is 1. The Kier molecular flexibility index (Phi) is 4.81. The molecule has 1 unspecified atom stereocenters. The van der Waals surface area contributed by atoms with Crippen molar-refractivity contribution in [2.24, 2.45) is 0 Å². The van der Waals surface area contributed by atoms with Crippen LogP contribution in [0.1, 0.15) is 23.6 Å². The molecule has 0 saturated carbocycles. The van der Waals surface area contributed by atoms with Crippen LogP contribution < -0.4 is 5.32 Å². The van der Waals surface area contributed by atoms with E-state index in [1.165, 1.54) is 28.7 Å². The zero-order valence-electron chi connectivity index (χ0n) is 16.1. The number of nitrogens with one attached hydrogen (secondary N) is 1. The molecule has 1 amide bonds. The summed E-state index contributed by atoms with van der Waals surface area (Å²) in [5.41, 5.74) is 5.53. The average molecular weight is 432 g/mol. The molecule has 1 aliphatic carbocycles. The predicted molar refractivity (Wildman–Crippen MR) is 120 cm³/mol. The van der Waals surface area contributed by atoms with Crippen LogP contribution in [0.4, 0.5) is 5.00 Å². The van der Waals surface area contributed by atoms with Crippen LogP contribution in [0.25, 0.3) is 21.5 Å². The fraction of sp³-hybridized carbons (Fsp3) is 0.174. The highest BCUT2D eigenvalue weighted by Gasteiger charge is 2.26. The van der Waals surface area contributed by atoms with Crippen molar-refractivity contribution >= 4 is 45.1 Å². The number of benzene rings is 2. The van der Waals surface area contributed by atoms with Gasteiger partial charge in [-0.05, 0) is 48.6 Å². The number of anilines is 1. The van der Waals surface area contributed by atoms with E-state index in [1.54, 1.807) is 0 Å². The fourth-order valence-electron chi connectivity index (χ4n) is 3.67. The fourth-order valence-corrected chi connectivity index (χ4v) is 5.69. The van der Waals surface area contributed by atoms with Gasteiger partial charge in [0.1, 0.15) is 16.6 Å². The van der Waals surface area contributed by atoms with Crippen molar-refractivity contribution in [1.29, 1.82) is 5.26 Å². The number of hydrogen-bond acceptors (Lipinski definition) is 6. The highest BCUT2D eigenvalue weighted by atomic mass is 32.2. The third kappa shape index (κ3) is 3.28. The molecule has 0 saturated heterocycles. The first-order valence-electron chi connectivity index (χ1n) is 9.61. The molecule has 148 valence electrons. The zero-order valence-corrected chi connectivity index (χ0v) is 17.8. The topological polar surface area (TPSA) is 78.9 Å². The zero-order chi connectivity index (χ0) is 20.7. The van der Waals surface area contributed by atoms with E-state index in [2.05, 4.69) is 28.5 Å². The van der Waals surface area contributed by atoms with Gasteiger partial charge in [0.05, 0.1) is 10.8 Å². The van der Waals surface area contributed by atoms with Gasteiger partial charge in [-0.2, -0.15) is 5.26 Å². The molecule has 7 heteroatoms. The van der Waals surface area contributed by atoms with Gasteiger partial charge in [-0.1, -0.05) is 48.2 Å². The number of para-hydroxylation sites is 2. The van der Waals surface area contributed by atoms with Crippen LogP contribution >= 0.6 is 23.1 Å². The lowest BCUT2D eigenvalue weighted by Crippen LogP contribution is -2.22. The first-order valence-corrected chi connectivity index (χ1v) is 11.3. The summed E-state index contributed by atoms with van der Waals surface area (Å²) in [6, 6.07) is 18.1. The molecule has 5 nitrogen and oxygen atoms in total. The normalized spacial score (nSPS) is 13.3. The van der Waals surface area contributed by atoms with Gasteiger partial charge >= 0.3 is 0 Å².